The number of quaternary nitrogens is 2. The second-order valence-electron chi connectivity index (χ2n) is 8.80. The van der Waals surface area contributed by atoms with E-state index in [0.29, 0.717) is 25.9 Å². The highest BCUT2D eigenvalue weighted by Gasteiger charge is 2.26. The molecule has 0 unspecified atom stereocenters. The molecule has 0 radical (unpaired) electrons. The zero-order chi connectivity index (χ0) is 22.4. The average Bonchev–Trinajstić information content (AvgIpc) is 2.69. The Kier molecular flexibility index (Phi) is 8.03. The van der Waals surface area contributed by atoms with Gasteiger partial charge in [-0.15, -0.1) is 0 Å². The Morgan fingerprint density at radius 1 is 0.633 bits per heavy atom. The van der Waals surface area contributed by atoms with Gasteiger partial charge in [0, 0.05) is 0 Å². The summed E-state index contributed by atoms with van der Waals surface area (Å²) in [7, 11) is 7.23. The molecule has 0 saturated carbocycles. The van der Waals surface area contributed by atoms with Gasteiger partial charge in [0.25, 0.3) is 0 Å². The van der Waals surface area contributed by atoms with Crippen molar-refractivity contribution in [2.75, 3.05) is 54.5 Å². The number of amides is 2. The van der Waals surface area contributed by atoms with E-state index in [0.717, 1.165) is 22.3 Å². The topological polar surface area (TPSA) is 74.6 Å². The lowest BCUT2D eigenvalue weighted by atomic mass is 10.0. The largest absolute Gasteiger partial charge is 0.390 e. The molecule has 2 aromatic carbocycles. The number of carbonyl (C=O) groups is 2. The van der Waals surface area contributed by atoms with Gasteiger partial charge >= 0.3 is 11.8 Å². The van der Waals surface area contributed by atoms with Gasteiger partial charge in [-0.3, -0.25) is 8.97 Å². The van der Waals surface area contributed by atoms with Crippen LogP contribution in [0.3, 0.4) is 0 Å². The van der Waals surface area contributed by atoms with Crippen molar-refractivity contribution >= 4 is 11.8 Å². The van der Waals surface area contributed by atoms with Crippen LogP contribution < -0.4 is 0 Å². The normalized spacial score (nSPS) is 12.1. The molecular formula is C24H34N2O4+2. The van der Waals surface area contributed by atoms with Gasteiger partial charge in [0.05, 0.1) is 54.2 Å². The predicted octanol–water partition coefficient (Wildman–Crippen LogP) is 1.63. The first-order chi connectivity index (χ1) is 14.1. The molecule has 0 atom stereocenters. The van der Waals surface area contributed by atoms with Crippen LogP contribution in [0.4, 0.5) is 0 Å². The number of carbonyl (C=O) groups excluding carboxylic acids is 2. The summed E-state index contributed by atoms with van der Waals surface area (Å²) in [5.74, 6) is 0.127. The number of hydrogen-bond donors (Lipinski definition) is 2. The number of hydrogen-bond acceptors (Lipinski definition) is 4. The molecular weight excluding hydrogens is 380 g/mol. The second-order valence-corrected chi connectivity index (χ2v) is 8.80. The minimum atomic E-state index is -0.0166. The van der Waals surface area contributed by atoms with Gasteiger partial charge in [0.15, 0.2) is 0 Å². The molecule has 0 bridgehead atoms. The van der Waals surface area contributed by atoms with Gasteiger partial charge in [-0.05, 0) is 22.3 Å². The van der Waals surface area contributed by atoms with E-state index in [-0.39, 0.29) is 34.0 Å². The molecule has 2 amide bonds. The molecule has 0 heterocycles. The van der Waals surface area contributed by atoms with E-state index in [4.69, 9.17) is 10.2 Å². The van der Waals surface area contributed by atoms with E-state index in [2.05, 4.69) is 0 Å². The van der Waals surface area contributed by atoms with Crippen LogP contribution in [0.15, 0.2) is 48.5 Å². The fourth-order valence-electron chi connectivity index (χ4n) is 3.16. The van der Waals surface area contributed by atoms with Crippen LogP contribution >= 0.6 is 0 Å². The summed E-state index contributed by atoms with van der Waals surface area (Å²) in [6.45, 7) is 0.776. The molecule has 162 valence electrons. The summed E-state index contributed by atoms with van der Waals surface area (Å²) in [5, 5.41) is 18.2. The third kappa shape index (κ3) is 6.31. The summed E-state index contributed by atoms with van der Waals surface area (Å²) >= 11 is 0. The van der Waals surface area contributed by atoms with Crippen molar-refractivity contribution in [2.45, 2.75) is 12.8 Å². The van der Waals surface area contributed by atoms with Crippen LogP contribution in [-0.2, 0) is 22.4 Å². The highest BCUT2D eigenvalue weighted by atomic mass is 16.3. The van der Waals surface area contributed by atoms with Crippen molar-refractivity contribution < 1.29 is 28.8 Å². The van der Waals surface area contributed by atoms with Crippen LogP contribution in [0.2, 0.25) is 0 Å². The summed E-state index contributed by atoms with van der Waals surface area (Å²) < 4.78 is 0.318. The molecule has 0 fully saturated rings. The van der Waals surface area contributed by atoms with Crippen LogP contribution in [0.5, 0.6) is 0 Å². The molecule has 6 heteroatoms. The number of aliphatic hydroxyl groups is 2. The lowest BCUT2D eigenvalue weighted by Gasteiger charge is -2.26. The van der Waals surface area contributed by atoms with Gasteiger partial charge in [-0.25, -0.2) is 9.59 Å². The first-order valence-electron chi connectivity index (χ1n) is 10.2. The smallest absolute Gasteiger partial charge is 0.317 e. The summed E-state index contributed by atoms with van der Waals surface area (Å²) in [5.41, 5.74) is 3.98. The molecule has 0 saturated heterocycles. The highest BCUT2D eigenvalue weighted by molar-refractivity contribution is 5.74. The summed E-state index contributed by atoms with van der Waals surface area (Å²) in [6.07, 6.45) is 0.659. The lowest BCUT2D eigenvalue weighted by molar-refractivity contribution is -0.814. The van der Waals surface area contributed by atoms with E-state index in [9.17, 15) is 9.59 Å². The zero-order valence-corrected chi connectivity index (χ0v) is 18.5. The maximum atomic E-state index is 12.4. The molecule has 0 aliphatic rings. The highest BCUT2D eigenvalue weighted by Crippen LogP contribution is 2.21. The maximum absolute atomic E-state index is 12.4. The van der Waals surface area contributed by atoms with Crippen molar-refractivity contribution in [3.8, 4) is 11.1 Å². The number of aliphatic hydroxyl groups excluding tert-OH is 2. The average molecular weight is 415 g/mol. The molecule has 30 heavy (non-hydrogen) atoms. The SMILES string of the molecule is C[N+](C)(CCO)C(=O)Cc1ccc(-c2ccc(CC(=O)[N+](C)(C)CCO)cc2)cc1. The Hall–Kier alpha value is -2.38. The van der Waals surface area contributed by atoms with Crippen molar-refractivity contribution in [1.29, 1.82) is 0 Å². The molecule has 2 N–H and O–H groups in total. The van der Waals surface area contributed by atoms with Crippen LogP contribution in [0, 0.1) is 0 Å². The third-order valence-corrected chi connectivity index (χ3v) is 5.62. The number of benzene rings is 2. The number of nitrogens with zero attached hydrogens (tertiary/aromatic N) is 2. The van der Waals surface area contributed by atoms with Gasteiger partial charge in [-0.1, -0.05) is 48.5 Å². The van der Waals surface area contributed by atoms with Gasteiger partial charge in [0.1, 0.15) is 13.1 Å². The summed E-state index contributed by atoms with van der Waals surface area (Å²) in [6, 6.07) is 15.8. The lowest BCUT2D eigenvalue weighted by Crippen LogP contribution is -2.48. The first kappa shape index (κ1) is 23.9. The van der Waals surface area contributed by atoms with Crippen LogP contribution in [0.1, 0.15) is 11.1 Å². The summed E-state index contributed by atoms with van der Waals surface area (Å²) in [4.78, 5) is 24.9. The standard InChI is InChI=1S/C24H34N2O4/c1-25(2,13-15-27)23(29)17-19-5-9-21(10-6-19)22-11-7-20(8-12-22)18-24(30)26(3,4)14-16-28/h5-12,27-28H,13-18H2,1-4H3/q+2. The molecule has 0 aliphatic carbocycles. The fraction of sp³-hybridized carbons (Fsp3) is 0.417. The van der Waals surface area contributed by atoms with E-state index in [1.165, 1.54) is 0 Å². The van der Waals surface area contributed by atoms with Crippen LogP contribution in [0.25, 0.3) is 11.1 Å². The van der Waals surface area contributed by atoms with Gasteiger partial charge in [0.2, 0.25) is 0 Å². The minimum Gasteiger partial charge on any atom is -0.390 e. The van der Waals surface area contributed by atoms with Gasteiger partial charge < -0.3 is 10.2 Å². The molecule has 0 spiro atoms. The Labute approximate surface area is 179 Å². The molecule has 0 aliphatic heterocycles. The van der Waals surface area contributed by atoms with Crippen molar-refractivity contribution in [2.24, 2.45) is 0 Å². The predicted molar refractivity (Wildman–Crippen MR) is 117 cm³/mol. The van der Waals surface area contributed by atoms with Crippen molar-refractivity contribution in [3.05, 3.63) is 59.7 Å². The van der Waals surface area contributed by atoms with E-state index >= 15 is 0 Å². The second kappa shape index (κ2) is 10.1. The van der Waals surface area contributed by atoms with Crippen molar-refractivity contribution in [1.82, 2.24) is 0 Å². The fourth-order valence-corrected chi connectivity index (χ4v) is 3.16. The quantitative estimate of drug-likeness (QED) is 0.612. The Balaban J connectivity index is 2.03. The maximum Gasteiger partial charge on any atom is 0.317 e. The Morgan fingerprint density at radius 2 is 0.933 bits per heavy atom. The molecule has 6 nitrogen and oxygen atoms in total. The third-order valence-electron chi connectivity index (χ3n) is 5.62. The van der Waals surface area contributed by atoms with Crippen LogP contribution in [-0.4, -0.2) is 85.5 Å². The number of rotatable bonds is 9. The Bertz CT molecular complexity index is 782. The zero-order valence-electron chi connectivity index (χ0n) is 18.5. The Morgan fingerprint density at radius 3 is 1.20 bits per heavy atom. The van der Waals surface area contributed by atoms with E-state index < -0.39 is 0 Å². The molecule has 0 aromatic heterocycles. The first-order valence-corrected chi connectivity index (χ1v) is 10.2. The minimum absolute atomic E-state index is 0.0166. The van der Waals surface area contributed by atoms with E-state index in [1.54, 1.807) is 0 Å². The number of likely N-dealkylation sites (N-methyl/N-ethyl adjacent to an activating group) is 2. The molecule has 2 rings (SSSR count). The molecule has 2 aromatic rings. The van der Waals surface area contributed by atoms with Gasteiger partial charge in [-0.2, -0.15) is 0 Å². The monoisotopic (exact) mass is 414 g/mol. The van der Waals surface area contributed by atoms with E-state index in [1.807, 2.05) is 76.7 Å². The van der Waals surface area contributed by atoms with Crippen molar-refractivity contribution in [3.63, 3.8) is 0 Å².